The fourth-order valence-electron chi connectivity index (χ4n) is 2.23. The number of non-ortho nitro benzene ring substituents is 1. The Kier molecular flexibility index (Phi) is 97.7. The first-order valence-electron chi connectivity index (χ1n) is 8.90. The summed E-state index contributed by atoms with van der Waals surface area (Å²) in [6.45, 7) is 3.52. The van der Waals surface area contributed by atoms with Crippen molar-refractivity contribution in [1.82, 2.24) is 0 Å². The van der Waals surface area contributed by atoms with Crippen LogP contribution in [-0.4, -0.2) is 14.8 Å². The quantitative estimate of drug-likeness (QED) is 0.0852. The first kappa shape index (κ1) is 94.0. The number of nitro groups is 3. The van der Waals surface area contributed by atoms with Gasteiger partial charge >= 0.3 is 11.4 Å². The van der Waals surface area contributed by atoms with Gasteiger partial charge in [0.1, 0.15) is 5.82 Å². The predicted molar refractivity (Wildman–Crippen MR) is 136 cm³/mol. The molecule has 0 bridgehead atoms. The van der Waals surface area contributed by atoms with Gasteiger partial charge in [0.15, 0.2) is 0 Å². The smallest absolute Gasteiger partial charge is 0.274 e. The molecule has 0 aliphatic carbocycles. The molecule has 0 unspecified atom stereocenters. The summed E-state index contributed by atoms with van der Waals surface area (Å²) in [5.74, 6) is -4.30. The molecule has 28 heteroatoms. The average molecular weight is 1790 g/mol. The van der Waals surface area contributed by atoms with Gasteiger partial charge in [-0.05, 0) is 34.1 Å². The van der Waals surface area contributed by atoms with Gasteiger partial charge in [-0.2, -0.15) is 13.2 Å². The van der Waals surface area contributed by atoms with Gasteiger partial charge in [-0.1, -0.05) is 37.2 Å². The summed E-state index contributed by atoms with van der Waals surface area (Å²) >= 11 is 8.76. The molecule has 3 aromatic rings. The van der Waals surface area contributed by atoms with Crippen LogP contribution in [-0.2, 0) is 393 Å². The Labute approximate surface area is 608 Å². The number of aryl methyl sites for hydroxylation is 2. The molecular weight excluding hydrogens is 1770 g/mol. The van der Waals surface area contributed by atoms with E-state index in [0.717, 1.165) is 27.7 Å². The van der Waals surface area contributed by atoms with Gasteiger partial charge < -0.3 is 0 Å². The Hall–Kier alpha value is 10.3. The molecular formula is C21H14Br3F4N3O6Y12-2. The molecule has 12 radical (unpaired) electrons. The minimum absolute atomic E-state index is 0. The molecule has 0 spiro atoms. The Bertz CT molecular complexity index is 1340. The van der Waals surface area contributed by atoms with Gasteiger partial charge in [-0.25, -0.2) is 24.8 Å². The molecule has 0 atom stereocenters. The summed E-state index contributed by atoms with van der Waals surface area (Å²) in [6.07, 6.45) is 0. The van der Waals surface area contributed by atoms with Gasteiger partial charge in [0.25, 0.3) is 0 Å². The third kappa shape index (κ3) is 37.4. The molecule has 236 valence electrons. The average Bonchev–Trinajstić information content (AvgIpc) is 2.73. The van der Waals surface area contributed by atoms with Crippen LogP contribution in [0.5, 0.6) is 0 Å². The minimum atomic E-state index is -1.19. The normalized spacial score (nSPS) is 7.29. The first-order valence-corrected chi connectivity index (χ1v) is 11.3. The Morgan fingerprint density at radius 2 is 0.898 bits per heavy atom. The van der Waals surface area contributed by atoms with E-state index in [1.54, 1.807) is 13.8 Å². The number of halogens is 7. The first-order chi connectivity index (χ1) is 16.6. The number of nitro benzene ring substituents is 3. The summed E-state index contributed by atoms with van der Waals surface area (Å²) in [5, 5.41) is 30.5. The van der Waals surface area contributed by atoms with Crippen molar-refractivity contribution in [3.05, 3.63) is 115 Å². The van der Waals surface area contributed by atoms with Crippen molar-refractivity contribution in [2.75, 3.05) is 0 Å². The van der Waals surface area contributed by atoms with E-state index in [1.807, 2.05) is 0 Å². The van der Waals surface area contributed by atoms with Crippen molar-refractivity contribution in [1.29, 1.82) is 0 Å². The second kappa shape index (κ2) is 50.9. The fourth-order valence-corrected chi connectivity index (χ4v) is 3.15. The van der Waals surface area contributed by atoms with E-state index in [9.17, 15) is 47.9 Å². The zero-order valence-electron chi connectivity index (χ0n) is 24.7. The maximum absolute atomic E-state index is 12.7. The van der Waals surface area contributed by atoms with Crippen LogP contribution in [0.15, 0.2) is 37.7 Å². The number of hydrogen-bond donors (Lipinski definition) is 0. The molecule has 0 aliphatic heterocycles. The summed E-state index contributed by atoms with van der Waals surface area (Å²) in [4.78, 5) is 27.9. The van der Waals surface area contributed by atoms with Gasteiger partial charge in [0, 0.05) is 408 Å². The van der Waals surface area contributed by atoms with Gasteiger partial charge in [0.05, 0.1) is 20.4 Å². The van der Waals surface area contributed by atoms with Crippen molar-refractivity contribution >= 4 is 64.9 Å². The van der Waals surface area contributed by atoms with E-state index in [0.29, 0.717) is 12.1 Å². The zero-order valence-corrected chi connectivity index (χ0v) is 63.5. The fraction of sp³-hybridized carbons (Fsp3) is 0.143. The topological polar surface area (TPSA) is 129 Å². The molecule has 0 fully saturated rings. The molecule has 0 saturated heterocycles. The van der Waals surface area contributed by atoms with Crippen LogP contribution in [0.3, 0.4) is 0 Å². The molecule has 9 nitrogen and oxygen atoms in total. The minimum Gasteiger partial charge on any atom is -0.274 e. The molecule has 0 aliphatic rings. The van der Waals surface area contributed by atoms with E-state index >= 15 is 0 Å². The van der Waals surface area contributed by atoms with E-state index < -0.39 is 49.4 Å². The van der Waals surface area contributed by atoms with Crippen molar-refractivity contribution in [2.24, 2.45) is 0 Å². The number of nitrogens with zero attached hydrogens (tertiary/aromatic N) is 3. The monoisotopic (exact) mass is 1780 g/mol. The van der Waals surface area contributed by atoms with Crippen molar-refractivity contribution in [3.63, 3.8) is 0 Å². The van der Waals surface area contributed by atoms with Crippen LogP contribution in [0, 0.1) is 79.6 Å². The Morgan fingerprint density at radius 1 is 0.551 bits per heavy atom. The Balaban J connectivity index is -0.0000000318. The van der Waals surface area contributed by atoms with Crippen molar-refractivity contribution in [2.45, 2.75) is 21.3 Å². The van der Waals surface area contributed by atoms with E-state index in [2.05, 4.69) is 59.9 Å². The van der Waals surface area contributed by atoms with E-state index in [1.165, 1.54) is 0 Å². The summed E-state index contributed by atoms with van der Waals surface area (Å²) < 4.78 is 51.4. The number of hydrogen-bond acceptors (Lipinski definition) is 6. The molecule has 3 aromatic carbocycles. The second-order valence-electron chi connectivity index (χ2n) is 6.37. The second-order valence-corrected chi connectivity index (χ2v) is 8.93. The van der Waals surface area contributed by atoms with Gasteiger partial charge in [-0.3, -0.25) is 53.6 Å². The zero-order chi connectivity index (χ0) is 27.9. The molecule has 0 saturated carbocycles. The maximum atomic E-state index is 12.7. The SMILES string of the molecule is C.Cc1[c-]c([N+](=O)[O-])[c-]c(C)c1Br.O=[N+]([O-])c1c(F)cc(Br)cc1F.O=[N+]([O-])c1cc(F)c(Br)cc1F.[Y].[Y].[Y].[Y].[Y].[Y].[Y].[Y].[Y].[Y].[Y].[Y]. The largest absolute Gasteiger partial charge is 0.340 e. The third-order valence-electron chi connectivity index (χ3n) is 3.80. The van der Waals surface area contributed by atoms with Crippen molar-refractivity contribution in [3.8, 4) is 0 Å². The standard InChI is InChI=1S/C8H6BrNO2.2C6H2BrF2NO2.CH4.12Y/c1-5-3-7(10(11)12)4-6(2)8(5)9;7-3-1-5(9)6(10(11)12)2-4(3)8;7-3-1-4(8)6(10(11)12)5(9)2-3;;;;;;;;;;;;;/h1-2H3;2*1-2H;1H4;;;;;;;;;;;;/q-2;;;;;;;;;;;;;;;. The number of benzene rings is 3. The van der Waals surface area contributed by atoms with Crippen LogP contribution in [0.4, 0.5) is 34.6 Å². The van der Waals surface area contributed by atoms with Crippen LogP contribution < -0.4 is 0 Å². The van der Waals surface area contributed by atoms with Crippen LogP contribution in [0.1, 0.15) is 18.6 Å². The summed E-state index contributed by atoms with van der Waals surface area (Å²) in [7, 11) is 0. The molecule has 0 aromatic heterocycles. The van der Waals surface area contributed by atoms with Crippen LogP contribution >= 0.6 is 47.8 Å². The maximum Gasteiger partial charge on any atom is 0.340 e. The van der Waals surface area contributed by atoms with E-state index in [4.69, 9.17) is 0 Å². The number of rotatable bonds is 3. The summed E-state index contributed by atoms with van der Waals surface area (Å²) in [5.41, 5.74) is -0.627. The van der Waals surface area contributed by atoms with Gasteiger partial charge in [0.2, 0.25) is 17.5 Å². The predicted octanol–water partition coefficient (Wildman–Crippen LogP) is 8.45. The molecule has 0 amide bonds. The third-order valence-corrected chi connectivity index (χ3v) is 6.06. The van der Waals surface area contributed by atoms with E-state index in [-0.39, 0.29) is 415 Å². The summed E-state index contributed by atoms with van der Waals surface area (Å²) in [6, 6.07) is 8.14. The molecule has 0 heterocycles. The molecule has 0 N–H and O–H groups in total. The van der Waals surface area contributed by atoms with Crippen LogP contribution in [0.2, 0.25) is 0 Å². The molecule has 3 rings (SSSR count). The van der Waals surface area contributed by atoms with Crippen molar-refractivity contribution < 1.29 is 425 Å². The van der Waals surface area contributed by atoms with Crippen LogP contribution in [0.25, 0.3) is 0 Å². The van der Waals surface area contributed by atoms with Gasteiger partial charge in [-0.15, -0.1) is 0 Å². The molecule has 49 heavy (non-hydrogen) atoms. The Morgan fingerprint density at radius 3 is 1.18 bits per heavy atom.